The third kappa shape index (κ3) is 6.99. The van der Waals surface area contributed by atoms with Gasteiger partial charge in [-0.15, -0.1) is 0 Å². The molecule has 6 heteroatoms. The predicted molar refractivity (Wildman–Crippen MR) is 54.9 cm³/mol. The summed E-state index contributed by atoms with van der Waals surface area (Å²) in [6, 6.07) is -0.676. The van der Waals surface area contributed by atoms with Crippen molar-refractivity contribution in [2.24, 2.45) is 0 Å². The average Bonchev–Trinajstić information content (AvgIpc) is 2.09. The number of aliphatic carboxylic acids is 1. The molecule has 2 unspecified atom stereocenters. The Morgan fingerprint density at radius 2 is 2.29 bits per heavy atom. The van der Waals surface area contributed by atoms with Gasteiger partial charge in [-0.2, -0.15) is 0 Å². The van der Waals surface area contributed by atoms with Crippen LogP contribution in [0.4, 0.5) is 0 Å². The zero-order chi connectivity index (χ0) is 11.0. The molecule has 0 aliphatic rings. The lowest BCUT2D eigenvalue weighted by molar-refractivity contribution is -0.140. The van der Waals surface area contributed by atoms with E-state index in [0.717, 1.165) is 0 Å². The lowest BCUT2D eigenvalue weighted by Crippen LogP contribution is -2.41. The molecule has 0 radical (unpaired) electrons. The van der Waals surface area contributed by atoms with Crippen LogP contribution >= 0.6 is 0 Å². The van der Waals surface area contributed by atoms with Crippen molar-refractivity contribution in [2.45, 2.75) is 12.5 Å². The predicted octanol–water partition coefficient (Wildman–Crippen LogP) is -0.556. The largest absolute Gasteiger partial charge is 0.480 e. The third-order valence-corrected chi connectivity index (χ3v) is 2.49. The molecule has 0 spiro atoms. The molecule has 0 bridgehead atoms. The van der Waals surface area contributed by atoms with Crippen molar-refractivity contribution >= 4 is 16.8 Å². The third-order valence-electron chi connectivity index (χ3n) is 1.63. The maximum Gasteiger partial charge on any atom is 0.323 e. The van der Waals surface area contributed by atoms with E-state index in [1.807, 2.05) is 0 Å². The van der Waals surface area contributed by atoms with E-state index in [-0.39, 0.29) is 6.61 Å². The van der Waals surface area contributed by atoms with Crippen molar-refractivity contribution in [1.29, 1.82) is 0 Å². The van der Waals surface area contributed by atoms with Crippen LogP contribution in [0.5, 0.6) is 0 Å². The van der Waals surface area contributed by atoms with Crippen LogP contribution in [0.15, 0.2) is 0 Å². The molecule has 0 saturated heterocycles. The van der Waals surface area contributed by atoms with Crippen molar-refractivity contribution in [3.05, 3.63) is 0 Å². The van der Waals surface area contributed by atoms with Crippen molar-refractivity contribution < 1.29 is 18.8 Å². The van der Waals surface area contributed by atoms with E-state index >= 15 is 0 Å². The fourth-order valence-corrected chi connectivity index (χ4v) is 1.49. The van der Waals surface area contributed by atoms with Crippen LogP contribution in [0, 0.1) is 0 Å². The molecule has 84 valence electrons. The summed E-state index contributed by atoms with van der Waals surface area (Å²) in [7, 11) is 0.644. The Labute approximate surface area is 86.3 Å². The number of ether oxygens (including phenoxy) is 1. The van der Waals surface area contributed by atoms with Gasteiger partial charge in [-0.3, -0.25) is 9.00 Å². The number of nitrogens with one attached hydrogen (secondary N) is 1. The number of hydrogen-bond acceptors (Lipinski definition) is 4. The van der Waals surface area contributed by atoms with Crippen LogP contribution in [0.25, 0.3) is 0 Å². The first-order chi connectivity index (χ1) is 6.57. The second-order valence-electron chi connectivity index (χ2n) is 2.93. The maximum absolute atomic E-state index is 10.7. The highest BCUT2D eigenvalue weighted by Crippen LogP contribution is 1.88. The van der Waals surface area contributed by atoms with Gasteiger partial charge in [0.05, 0.1) is 6.61 Å². The van der Waals surface area contributed by atoms with Crippen LogP contribution in [-0.4, -0.2) is 53.6 Å². The van der Waals surface area contributed by atoms with Crippen LogP contribution in [0.1, 0.15) is 6.42 Å². The SMILES string of the molecule is COCC(NCCCS(C)=O)C(=O)O. The summed E-state index contributed by atoms with van der Waals surface area (Å²) in [5.74, 6) is -0.337. The minimum absolute atomic E-state index is 0.143. The molecule has 0 rings (SSSR count). The molecule has 0 aromatic carbocycles. The van der Waals surface area contributed by atoms with E-state index in [1.54, 1.807) is 6.26 Å². The summed E-state index contributed by atoms with van der Waals surface area (Å²) >= 11 is 0. The van der Waals surface area contributed by atoms with Crippen molar-refractivity contribution in [3.8, 4) is 0 Å². The first-order valence-electron chi connectivity index (χ1n) is 4.33. The van der Waals surface area contributed by atoms with E-state index in [1.165, 1.54) is 7.11 Å². The molecule has 2 atom stereocenters. The smallest absolute Gasteiger partial charge is 0.323 e. The summed E-state index contributed by atoms with van der Waals surface area (Å²) in [5, 5.41) is 11.5. The van der Waals surface area contributed by atoms with Crippen LogP contribution in [0.2, 0.25) is 0 Å². The normalized spacial score (nSPS) is 15.0. The maximum atomic E-state index is 10.7. The van der Waals surface area contributed by atoms with Gasteiger partial charge in [-0.05, 0) is 13.0 Å². The van der Waals surface area contributed by atoms with Gasteiger partial charge in [-0.1, -0.05) is 0 Å². The Morgan fingerprint density at radius 3 is 2.71 bits per heavy atom. The van der Waals surface area contributed by atoms with Crippen molar-refractivity contribution in [2.75, 3.05) is 32.3 Å². The van der Waals surface area contributed by atoms with Crippen molar-refractivity contribution in [1.82, 2.24) is 5.32 Å². The Balaban J connectivity index is 3.61. The van der Waals surface area contributed by atoms with Gasteiger partial charge in [0, 0.05) is 29.9 Å². The molecule has 2 N–H and O–H groups in total. The highest BCUT2D eigenvalue weighted by Gasteiger charge is 2.15. The molecule has 5 nitrogen and oxygen atoms in total. The minimum atomic E-state index is -0.926. The van der Waals surface area contributed by atoms with Gasteiger partial charge in [0.25, 0.3) is 0 Å². The second kappa shape index (κ2) is 7.90. The first-order valence-corrected chi connectivity index (χ1v) is 6.05. The number of carboxylic acids is 1. The quantitative estimate of drug-likeness (QED) is 0.540. The summed E-state index contributed by atoms with van der Waals surface area (Å²) < 4.78 is 15.4. The summed E-state index contributed by atoms with van der Waals surface area (Å²) in [6.07, 6.45) is 2.33. The van der Waals surface area contributed by atoms with Crippen LogP contribution in [-0.2, 0) is 20.3 Å². The van der Waals surface area contributed by atoms with E-state index in [0.29, 0.717) is 18.7 Å². The van der Waals surface area contributed by atoms with Gasteiger partial charge < -0.3 is 15.2 Å². The molecule has 0 heterocycles. The summed E-state index contributed by atoms with van der Waals surface area (Å²) in [4.78, 5) is 10.6. The van der Waals surface area contributed by atoms with Gasteiger partial charge in [0.1, 0.15) is 6.04 Å². The molecule has 0 aliphatic carbocycles. The Hall–Kier alpha value is -0.460. The molecular weight excluding hydrogens is 206 g/mol. The topological polar surface area (TPSA) is 75.6 Å². The summed E-state index contributed by atoms with van der Waals surface area (Å²) in [5.41, 5.74) is 0. The zero-order valence-electron chi connectivity index (χ0n) is 8.49. The molecule has 0 aromatic heterocycles. The number of hydrogen-bond donors (Lipinski definition) is 2. The highest BCUT2D eigenvalue weighted by molar-refractivity contribution is 7.84. The molecular formula is C8H17NO4S. The van der Waals surface area contributed by atoms with Crippen LogP contribution in [0.3, 0.4) is 0 Å². The Kier molecular flexibility index (Phi) is 7.64. The fraction of sp³-hybridized carbons (Fsp3) is 0.875. The average molecular weight is 223 g/mol. The molecule has 0 fully saturated rings. The molecule has 0 aliphatic heterocycles. The molecule has 0 amide bonds. The van der Waals surface area contributed by atoms with E-state index in [2.05, 4.69) is 5.32 Å². The van der Waals surface area contributed by atoms with Crippen LogP contribution < -0.4 is 5.32 Å². The Bertz CT molecular complexity index is 198. The van der Waals surface area contributed by atoms with Gasteiger partial charge in [0.15, 0.2) is 0 Å². The van der Waals surface area contributed by atoms with E-state index in [4.69, 9.17) is 9.84 Å². The number of carbonyl (C=O) groups is 1. The van der Waals surface area contributed by atoms with Gasteiger partial charge in [0.2, 0.25) is 0 Å². The first kappa shape index (κ1) is 13.5. The molecule has 0 saturated carbocycles. The lowest BCUT2D eigenvalue weighted by atomic mass is 10.3. The number of carboxylic acid groups (broad SMARTS) is 1. The Morgan fingerprint density at radius 1 is 1.64 bits per heavy atom. The van der Waals surface area contributed by atoms with Gasteiger partial charge in [-0.25, -0.2) is 0 Å². The summed E-state index contributed by atoms with van der Waals surface area (Å²) in [6.45, 7) is 0.685. The number of methoxy groups -OCH3 is 1. The molecule has 0 aromatic rings. The monoisotopic (exact) mass is 223 g/mol. The standard InChI is InChI=1S/C8H17NO4S/c1-13-6-7(8(10)11)9-4-3-5-14(2)12/h7,9H,3-6H2,1-2H3,(H,10,11). The minimum Gasteiger partial charge on any atom is -0.480 e. The fourth-order valence-electron chi connectivity index (χ4n) is 0.936. The molecule has 14 heavy (non-hydrogen) atoms. The van der Waals surface area contributed by atoms with E-state index in [9.17, 15) is 9.00 Å². The van der Waals surface area contributed by atoms with Gasteiger partial charge >= 0.3 is 5.97 Å². The van der Waals surface area contributed by atoms with E-state index < -0.39 is 22.8 Å². The zero-order valence-corrected chi connectivity index (χ0v) is 9.30. The second-order valence-corrected chi connectivity index (χ2v) is 4.49. The number of rotatable bonds is 8. The van der Waals surface area contributed by atoms with Crippen molar-refractivity contribution in [3.63, 3.8) is 0 Å². The lowest BCUT2D eigenvalue weighted by Gasteiger charge is -2.12. The highest BCUT2D eigenvalue weighted by atomic mass is 32.2.